The second-order valence-corrected chi connectivity index (χ2v) is 6.47. The van der Waals surface area contributed by atoms with Crippen molar-refractivity contribution in [2.45, 2.75) is 18.9 Å². The highest BCUT2D eigenvalue weighted by molar-refractivity contribution is 7.89. The maximum absolute atomic E-state index is 12.0. The molecule has 0 aliphatic heterocycles. The van der Waals surface area contributed by atoms with E-state index in [-0.39, 0.29) is 10.9 Å². The Morgan fingerprint density at radius 1 is 1.10 bits per heavy atom. The Hall–Kier alpha value is -2.12. The number of rotatable bonds is 4. The van der Waals surface area contributed by atoms with Crippen LogP contribution in [0, 0.1) is 13.8 Å². The minimum absolute atomic E-state index is 0.0667. The molecule has 0 radical (unpaired) electrons. The van der Waals surface area contributed by atoms with E-state index in [1.165, 1.54) is 19.2 Å². The number of hydrogen-bond acceptors (Lipinski definition) is 4. The van der Waals surface area contributed by atoms with Gasteiger partial charge in [0.2, 0.25) is 5.09 Å². The van der Waals surface area contributed by atoms with Crippen molar-refractivity contribution in [3.05, 3.63) is 47.2 Å². The van der Waals surface area contributed by atoms with E-state index < -0.39 is 15.9 Å². The molecular weight excluding hydrogens is 292 g/mol. The SMILES string of the molecule is CNS(=O)(=O)c1ccc(C(=O)Nc2cc(C)cc(C)c2)o1. The fourth-order valence-electron chi connectivity index (χ4n) is 1.93. The van der Waals surface area contributed by atoms with Crippen molar-refractivity contribution in [2.24, 2.45) is 0 Å². The first-order valence-corrected chi connectivity index (χ1v) is 7.73. The van der Waals surface area contributed by atoms with Gasteiger partial charge in [-0.3, -0.25) is 4.79 Å². The van der Waals surface area contributed by atoms with Crippen LogP contribution in [-0.2, 0) is 10.0 Å². The van der Waals surface area contributed by atoms with Gasteiger partial charge in [0.1, 0.15) is 0 Å². The van der Waals surface area contributed by atoms with Gasteiger partial charge < -0.3 is 9.73 Å². The topological polar surface area (TPSA) is 88.4 Å². The molecule has 0 bridgehead atoms. The summed E-state index contributed by atoms with van der Waals surface area (Å²) in [6.45, 7) is 3.85. The van der Waals surface area contributed by atoms with E-state index in [0.717, 1.165) is 11.1 Å². The van der Waals surface area contributed by atoms with Crippen molar-refractivity contribution in [1.29, 1.82) is 0 Å². The van der Waals surface area contributed by atoms with E-state index in [1.54, 1.807) is 0 Å². The molecule has 2 rings (SSSR count). The van der Waals surface area contributed by atoms with Gasteiger partial charge >= 0.3 is 0 Å². The van der Waals surface area contributed by atoms with Crippen LogP contribution in [0.4, 0.5) is 5.69 Å². The molecule has 0 aliphatic carbocycles. The van der Waals surface area contributed by atoms with Gasteiger partial charge in [0, 0.05) is 5.69 Å². The summed E-state index contributed by atoms with van der Waals surface area (Å²) in [5, 5.41) is 2.38. The molecule has 2 aromatic rings. The lowest BCUT2D eigenvalue weighted by Gasteiger charge is -2.06. The van der Waals surface area contributed by atoms with E-state index in [9.17, 15) is 13.2 Å². The standard InChI is InChI=1S/C14H16N2O4S/c1-9-6-10(2)8-11(7-9)16-14(17)12-4-5-13(20-12)21(18,19)15-3/h4-8,15H,1-3H3,(H,16,17). The lowest BCUT2D eigenvalue weighted by molar-refractivity contribution is 0.0991. The third-order valence-corrected chi connectivity index (χ3v) is 4.10. The molecule has 0 saturated heterocycles. The van der Waals surface area contributed by atoms with Crippen molar-refractivity contribution in [3.63, 3.8) is 0 Å². The van der Waals surface area contributed by atoms with Gasteiger partial charge in [0.25, 0.3) is 15.9 Å². The molecule has 0 atom stereocenters. The van der Waals surface area contributed by atoms with Gasteiger partial charge in [0.05, 0.1) is 0 Å². The third-order valence-electron chi connectivity index (χ3n) is 2.82. The Kier molecular flexibility index (Phi) is 4.15. The molecule has 21 heavy (non-hydrogen) atoms. The highest BCUT2D eigenvalue weighted by Crippen LogP contribution is 2.17. The summed E-state index contributed by atoms with van der Waals surface area (Å²) in [6.07, 6.45) is 0. The molecule has 0 fully saturated rings. The molecule has 0 spiro atoms. The summed E-state index contributed by atoms with van der Waals surface area (Å²) in [5.74, 6) is -0.569. The molecule has 1 aromatic heterocycles. The van der Waals surface area contributed by atoms with Gasteiger partial charge in [-0.05, 0) is 56.3 Å². The van der Waals surface area contributed by atoms with Crippen LogP contribution in [0.5, 0.6) is 0 Å². The molecule has 0 aliphatic rings. The highest BCUT2D eigenvalue weighted by atomic mass is 32.2. The lowest BCUT2D eigenvalue weighted by atomic mass is 10.1. The Morgan fingerprint density at radius 2 is 1.71 bits per heavy atom. The summed E-state index contributed by atoms with van der Waals surface area (Å²) in [7, 11) is -2.42. The predicted octanol–water partition coefficient (Wildman–Crippen LogP) is 2.06. The average Bonchev–Trinajstić information content (AvgIpc) is 2.87. The van der Waals surface area contributed by atoms with Crippen LogP contribution in [0.25, 0.3) is 0 Å². The number of aryl methyl sites for hydroxylation is 2. The first kappa shape index (κ1) is 15.3. The van der Waals surface area contributed by atoms with Crippen LogP contribution in [0.1, 0.15) is 21.7 Å². The fourth-order valence-corrected chi connectivity index (χ4v) is 2.57. The van der Waals surface area contributed by atoms with Crippen molar-refractivity contribution in [3.8, 4) is 0 Å². The van der Waals surface area contributed by atoms with Gasteiger partial charge in [-0.15, -0.1) is 0 Å². The summed E-state index contributed by atoms with van der Waals surface area (Å²) < 4.78 is 30.3. The van der Waals surface area contributed by atoms with E-state index in [1.807, 2.05) is 32.0 Å². The monoisotopic (exact) mass is 308 g/mol. The maximum Gasteiger partial charge on any atom is 0.291 e. The Morgan fingerprint density at radius 3 is 2.29 bits per heavy atom. The molecule has 1 aromatic carbocycles. The maximum atomic E-state index is 12.0. The van der Waals surface area contributed by atoms with Crippen LogP contribution < -0.4 is 10.0 Å². The van der Waals surface area contributed by atoms with Crippen molar-refractivity contribution < 1.29 is 17.6 Å². The number of benzene rings is 1. The third kappa shape index (κ3) is 3.50. The number of carbonyl (C=O) groups is 1. The Balaban J connectivity index is 2.21. The number of sulfonamides is 1. The van der Waals surface area contributed by atoms with E-state index in [0.29, 0.717) is 5.69 Å². The van der Waals surface area contributed by atoms with E-state index >= 15 is 0 Å². The molecule has 112 valence electrons. The molecule has 1 amide bonds. The molecule has 2 N–H and O–H groups in total. The number of nitrogens with one attached hydrogen (secondary N) is 2. The zero-order chi connectivity index (χ0) is 15.6. The number of furan rings is 1. The zero-order valence-electron chi connectivity index (χ0n) is 11.9. The van der Waals surface area contributed by atoms with E-state index in [2.05, 4.69) is 10.0 Å². The summed E-state index contributed by atoms with van der Waals surface area (Å²) >= 11 is 0. The quantitative estimate of drug-likeness (QED) is 0.905. The molecule has 7 heteroatoms. The predicted molar refractivity (Wildman–Crippen MR) is 78.8 cm³/mol. The number of anilines is 1. The molecule has 0 saturated carbocycles. The van der Waals surface area contributed by atoms with Crippen molar-refractivity contribution >= 4 is 21.6 Å². The van der Waals surface area contributed by atoms with Crippen LogP contribution in [0.2, 0.25) is 0 Å². The van der Waals surface area contributed by atoms with E-state index in [4.69, 9.17) is 4.42 Å². The van der Waals surface area contributed by atoms with Crippen molar-refractivity contribution in [1.82, 2.24) is 4.72 Å². The summed E-state index contributed by atoms with van der Waals surface area (Å²) in [6, 6.07) is 8.18. The Bertz CT molecular complexity index is 758. The largest absolute Gasteiger partial charge is 0.438 e. The highest BCUT2D eigenvalue weighted by Gasteiger charge is 2.19. The van der Waals surface area contributed by atoms with Crippen LogP contribution in [0.15, 0.2) is 39.8 Å². The minimum atomic E-state index is -3.69. The van der Waals surface area contributed by atoms with Gasteiger partial charge in [-0.25, -0.2) is 13.1 Å². The second kappa shape index (κ2) is 5.71. The second-order valence-electron chi connectivity index (χ2n) is 4.66. The van der Waals surface area contributed by atoms with Crippen LogP contribution >= 0.6 is 0 Å². The number of hydrogen-bond donors (Lipinski definition) is 2. The van der Waals surface area contributed by atoms with Gasteiger partial charge in [-0.1, -0.05) is 6.07 Å². The molecule has 1 heterocycles. The van der Waals surface area contributed by atoms with Crippen LogP contribution in [-0.4, -0.2) is 21.4 Å². The zero-order valence-corrected chi connectivity index (χ0v) is 12.7. The fraction of sp³-hybridized carbons (Fsp3) is 0.214. The smallest absolute Gasteiger partial charge is 0.291 e. The first-order valence-electron chi connectivity index (χ1n) is 6.25. The molecular formula is C14H16N2O4S. The minimum Gasteiger partial charge on any atom is -0.438 e. The number of carbonyl (C=O) groups excluding carboxylic acids is 1. The van der Waals surface area contributed by atoms with Crippen molar-refractivity contribution in [2.75, 3.05) is 12.4 Å². The summed E-state index contributed by atoms with van der Waals surface area (Å²) in [4.78, 5) is 12.0. The lowest BCUT2D eigenvalue weighted by Crippen LogP contribution is -2.18. The first-order chi connectivity index (χ1) is 9.81. The summed E-state index contributed by atoms with van der Waals surface area (Å²) in [5.41, 5.74) is 2.67. The molecule has 0 unspecified atom stereocenters. The normalized spacial score (nSPS) is 11.4. The van der Waals surface area contributed by atoms with Gasteiger partial charge in [0.15, 0.2) is 5.76 Å². The molecule has 6 nitrogen and oxygen atoms in total. The van der Waals surface area contributed by atoms with Crippen LogP contribution in [0.3, 0.4) is 0 Å². The van der Waals surface area contributed by atoms with Gasteiger partial charge in [-0.2, -0.15) is 0 Å². The Labute approximate surface area is 123 Å². The number of amides is 1. The average molecular weight is 308 g/mol.